The molecule has 0 aliphatic carbocycles. The Labute approximate surface area is 58.4 Å². The quantitative estimate of drug-likeness (QED) is 0.532. The second kappa shape index (κ2) is 1.97. The maximum Gasteiger partial charge on any atom is 0.312 e. The van der Waals surface area contributed by atoms with Crippen LogP contribution in [0.2, 0.25) is 0 Å². The van der Waals surface area contributed by atoms with Gasteiger partial charge in [-0.25, -0.2) is 0 Å². The Morgan fingerprint density at radius 2 is 2.20 bits per heavy atom. The molecule has 0 bridgehead atoms. The number of amides is 1. The minimum absolute atomic E-state index is 0.339. The molecule has 1 aliphatic rings. The summed E-state index contributed by atoms with van der Waals surface area (Å²) in [5.74, 6) is -0.828. The third-order valence-electron chi connectivity index (χ3n) is 1.77. The van der Waals surface area contributed by atoms with Gasteiger partial charge in [0.25, 0.3) is 0 Å². The van der Waals surface area contributed by atoms with Gasteiger partial charge in [-0.15, -0.1) is 0 Å². The smallest absolute Gasteiger partial charge is 0.312 e. The van der Waals surface area contributed by atoms with Crippen molar-refractivity contribution in [3.05, 3.63) is 0 Å². The van der Waals surface area contributed by atoms with Gasteiger partial charge in [-0.1, -0.05) is 0 Å². The van der Waals surface area contributed by atoms with E-state index in [2.05, 4.69) is 0 Å². The van der Waals surface area contributed by atoms with Gasteiger partial charge in [-0.2, -0.15) is 0 Å². The van der Waals surface area contributed by atoms with E-state index >= 15 is 0 Å². The molecule has 1 N–H and O–H groups in total. The van der Waals surface area contributed by atoms with E-state index in [0.29, 0.717) is 19.5 Å². The van der Waals surface area contributed by atoms with E-state index in [-0.39, 0.29) is 0 Å². The highest BCUT2D eigenvalue weighted by atomic mass is 16.4. The van der Waals surface area contributed by atoms with E-state index < -0.39 is 11.4 Å². The van der Waals surface area contributed by atoms with Crippen LogP contribution in [0.1, 0.15) is 6.92 Å². The Kier molecular flexibility index (Phi) is 1.39. The predicted molar refractivity (Wildman–Crippen MR) is 33.4 cm³/mol. The SMILES string of the molecule is CC1(C(=O)O)CN(C=O)C1. The molecule has 1 saturated heterocycles. The van der Waals surface area contributed by atoms with Crippen molar-refractivity contribution >= 4 is 12.4 Å². The maximum absolute atomic E-state index is 10.4. The Hall–Kier alpha value is -1.06. The Balaban J connectivity index is 2.49. The number of carbonyl (C=O) groups excluding carboxylic acids is 1. The standard InChI is InChI=1S/C6H9NO3/c1-6(5(9)10)2-7(3-6)4-8/h4H,2-3H2,1H3,(H,9,10). The van der Waals surface area contributed by atoms with Crippen molar-refractivity contribution in [1.82, 2.24) is 4.90 Å². The van der Waals surface area contributed by atoms with Crippen molar-refractivity contribution in [2.75, 3.05) is 13.1 Å². The number of carbonyl (C=O) groups is 2. The summed E-state index contributed by atoms with van der Waals surface area (Å²) in [7, 11) is 0. The van der Waals surface area contributed by atoms with Crippen LogP contribution in [0.4, 0.5) is 0 Å². The molecule has 1 amide bonds. The molecule has 0 unspecified atom stereocenters. The van der Waals surface area contributed by atoms with Gasteiger partial charge >= 0.3 is 5.97 Å². The molecule has 0 aromatic rings. The van der Waals surface area contributed by atoms with Gasteiger partial charge in [0.2, 0.25) is 6.41 Å². The van der Waals surface area contributed by atoms with Crippen LogP contribution in [0.15, 0.2) is 0 Å². The number of aliphatic carboxylic acids is 1. The fraction of sp³-hybridized carbons (Fsp3) is 0.667. The average Bonchev–Trinajstić information content (AvgIpc) is 1.80. The summed E-state index contributed by atoms with van der Waals surface area (Å²) < 4.78 is 0. The van der Waals surface area contributed by atoms with Crippen LogP contribution in [0.3, 0.4) is 0 Å². The van der Waals surface area contributed by atoms with Gasteiger partial charge in [0, 0.05) is 13.1 Å². The number of likely N-dealkylation sites (tertiary alicyclic amines) is 1. The van der Waals surface area contributed by atoms with E-state index in [1.165, 1.54) is 4.90 Å². The van der Waals surface area contributed by atoms with Crippen molar-refractivity contribution in [1.29, 1.82) is 0 Å². The number of rotatable bonds is 2. The second-order valence-electron chi connectivity index (χ2n) is 2.88. The summed E-state index contributed by atoms with van der Waals surface area (Å²) in [5, 5.41) is 8.56. The van der Waals surface area contributed by atoms with E-state index in [1.807, 2.05) is 0 Å². The number of carboxylic acids is 1. The predicted octanol–water partition coefficient (Wildman–Crippen LogP) is -0.451. The summed E-state index contributed by atoms with van der Waals surface area (Å²) >= 11 is 0. The zero-order chi connectivity index (χ0) is 7.78. The first kappa shape index (κ1) is 7.05. The first-order valence-corrected chi connectivity index (χ1v) is 3.01. The number of hydrogen-bond acceptors (Lipinski definition) is 2. The second-order valence-corrected chi connectivity index (χ2v) is 2.88. The highest BCUT2D eigenvalue weighted by Crippen LogP contribution is 2.28. The van der Waals surface area contributed by atoms with Crippen LogP contribution >= 0.6 is 0 Å². The molecule has 0 spiro atoms. The van der Waals surface area contributed by atoms with Crippen molar-refractivity contribution < 1.29 is 14.7 Å². The summed E-state index contributed by atoms with van der Waals surface area (Å²) in [6.07, 6.45) is 0.671. The molecule has 0 aromatic carbocycles. The van der Waals surface area contributed by atoms with Crippen LogP contribution in [0.5, 0.6) is 0 Å². The zero-order valence-electron chi connectivity index (χ0n) is 5.70. The van der Waals surface area contributed by atoms with Gasteiger partial charge in [0.15, 0.2) is 0 Å². The van der Waals surface area contributed by atoms with E-state index in [1.54, 1.807) is 6.92 Å². The molecular formula is C6H9NO3. The van der Waals surface area contributed by atoms with Gasteiger partial charge in [0.05, 0.1) is 5.41 Å². The normalized spacial score (nSPS) is 21.5. The fourth-order valence-electron chi connectivity index (χ4n) is 1.06. The van der Waals surface area contributed by atoms with Crippen LogP contribution < -0.4 is 0 Å². The number of nitrogens with zero attached hydrogens (tertiary/aromatic N) is 1. The first-order valence-electron chi connectivity index (χ1n) is 3.01. The monoisotopic (exact) mass is 143 g/mol. The average molecular weight is 143 g/mol. The topological polar surface area (TPSA) is 57.6 Å². The van der Waals surface area contributed by atoms with Crippen molar-refractivity contribution in [2.24, 2.45) is 5.41 Å². The number of hydrogen-bond donors (Lipinski definition) is 1. The number of carboxylic acid groups (broad SMARTS) is 1. The molecule has 0 aromatic heterocycles. The minimum Gasteiger partial charge on any atom is -0.481 e. The molecule has 1 aliphatic heterocycles. The highest BCUT2D eigenvalue weighted by molar-refractivity contribution is 5.77. The summed E-state index contributed by atoms with van der Waals surface area (Å²) in [4.78, 5) is 21.9. The van der Waals surface area contributed by atoms with E-state index in [9.17, 15) is 9.59 Å². The van der Waals surface area contributed by atoms with Crippen LogP contribution in [0.25, 0.3) is 0 Å². The third-order valence-corrected chi connectivity index (χ3v) is 1.77. The summed E-state index contributed by atoms with van der Waals surface area (Å²) in [5.41, 5.74) is -0.694. The molecule has 1 heterocycles. The molecule has 56 valence electrons. The van der Waals surface area contributed by atoms with Crippen LogP contribution in [-0.2, 0) is 9.59 Å². The molecular weight excluding hydrogens is 134 g/mol. The van der Waals surface area contributed by atoms with Crippen molar-refractivity contribution in [3.8, 4) is 0 Å². The van der Waals surface area contributed by atoms with Crippen LogP contribution in [-0.4, -0.2) is 35.5 Å². The van der Waals surface area contributed by atoms with Gasteiger partial charge in [0.1, 0.15) is 0 Å². The van der Waals surface area contributed by atoms with E-state index in [4.69, 9.17) is 5.11 Å². The Morgan fingerprint density at radius 1 is 1.70 bits per heavy atom. The van der Waals surface area contributed by atoms with Crippen LogP contribution in [0, 0.1) is 5.41 Å². The summed E-state index contributed by atoms with van der Waals surface area (Å²) in [6, 6.07) is 0. The zero-order valence-corrected chi connectivity index (χ0v) is 5.70. The molecule has 0 radical (unpaired) electrons. The molecule has 0 atom stereocenters. The Bertz CT molecular complexity index is 172. The largest absolute Gasteiger partial charge is 0.481 e. The van der Waals surface area contributed by atoms with E-state index in [0.717, 1.165) is 0 Å². The fourth-order valence-corrected chi connectivity index (χ4v) is 1.06. The third kappa shape index (κ3) is 0.853. The summed E-state index contributed by atoms with van der Waals surface area (Å²) in [6.45, 7) is 2.31. The van der Waals surface area contributed by atoms with Gasteiger partial charge in [-0.05, 0) is 6.92 Å². The lowest BCUT2D eigenvalue weighted by Gasteiger charge is -2.42. The van der Waals surface area contributed by atoms with Crippen molar-refractivity contribution in [2.45, 2.75) is 6.92 Å². The van der Waals surface area contributed by atoms with Gasteiger partial charge in [-0.3, -0.25) is 9.59 Å². The lowest BCUT2D eigenvalue weighted by molar-refractivity contribution is -0.160. The molecule has 4 heteroatoms. The molecule has 1 rings (SSSR count). The molecule has 1 fully saturated rings. The molecule has 0 saturated carbocycles. The highest BCUT2D eigenvalue weighted by Gasteiger charge is 2.44. The molecule has 4 nitrogen and oxygen atoms in total. The first-order chi connectivity index (χ1) is 4.58. The lowest BCUT2D eigenvalue weighted by atomic mass is 9.83. The maximum atomic E-state index is 10.4. The minimum atomic E-state index is -0.828. The van der Waals surface area contributed by atoms with Gasteiger partial charge < -0.3 is 10.0 Å². The lowest BCUT2D eigenvalue weighted by Crippen LogP contribution is -2.57. The molecule has 10 heavy (non-hydrogen) atoms. The Morgan fingerprint density at radius 3 is 2.50 bits per heavy atom. The van der Waals surface area contributed by atoms with Crippen molar-refractivity contribution in [3.63, 3.8) is 0 Å².